The largest absolute Gasteiger partial charge is 0.481 e. The van der Waals surface area contributed by atoms with E-state index >= 15 is 0 Å². The summed E-state index contributed by atoms with van der Waals surface area (Å²) in [5, 5.41) is 78.5. The number of aliphatic carboxylic acids is 4. The number of amides is 14. The Labute approximate surface area is 650 Å². The van der Waals surface area contributed by atoms with Crippen molar-refractivity contribution < 1.29 is 126 Å². The highest BCUT2D eigenvalue weighted by atomic mass is 16.5. The highest BCUT2D eigenvalue weighted by Gasteiger charge is 2.44. The lowest BCUT2D eigenvalue weighted by Gasteiger charge is -2.32. The van der Waals surface area contributed by atoms with Crippen LogP contribution in [0.1, 0.15) is 150 Å². The van der Waals surface area contributed by atoms with Crippen molar-refractivity contribution in [3.8, 4) is 0 Å². The number of rotatable bonds is 35. The topological polar surface area (TPSA) is 659 Å². The number of likely N-dealkylation sites (N-methyl/N-ethyl adjacent to an activating group) is 1. The number of ether oxygens (including phenoxy) is 2. The van der Waals surface area contributed by atoms with Gasteiger partial charge in [-0.15, -0.1) is 0 Å². The number of aromatic nitrogens is 1. The zero-order valence-corrected chi connectivity index (χ0v) is 64.5. The summed E-state index contributed by atoms with van der Waals surface area (Å²) in [6, 6.07) is -14.8. The molecule has 1 aliphatic rings. The van der Waals surface area contributed by atoms with Gasteiger partial charge in [0.2, 0.25) is 82.7 Å². The third kappa shape index (κ3) is 32.1. The Morgan fingerprint density at radius 2 is 1.22 bits per heavy atom. The lowest BCUT2D eigenvalue weighted by Crippen LogP contribution is -2.64. The van der Waals surface area contributed by atoms with E-state index in [1.807, 2.05) is 0 Å². The smallest absolute Gasteiger partial charge is 0.335 e. The second-order valence-corrected chi connectivity index (χ2v) is 27.8. The number of fused-ring (bicyclic) bond motifs is 1. The van der Waals surface area contributed by atoms with Crippen molar-refractivity contribution in [1.29, 1.82) is 0 Å². The minimum atomic E-state index is -2.78. The number of esters is 1. The van der Waals surface area contributed by atoms with Gasteiger partial charge in [-0.2, -0.15) is 0 Å². The number of H-pyrrole nitrogens is 1. The lowest BCUT2D eigenvalue weighted by molar-refractivity contribution is -0.159. The van der Waals surface area contributed by atoms with Gasteiger partial charge in [-0.25, -0.2) is 9.59 Å². The molecule has 1 fully saturated rings. The molecule has 0 radical (unpaired) electrons. The predicted octanol–water partition coefficient (Wildman–Crippen LogP) is -5.08. The first kappa shape index (κ1) is 95.8. The van der Waals surface area contributed by atoms with Crippen LogP contribution in [0.2, 0.25) is 0 Å². The minimum Gasteiger partial charge on any atom is -0.481 e. The van der Waals surface area contributed by atoms with E-state index in [1.54, 1.807) is 30.5 Å². The molecule has 1 aromatic heterocycles. The second-order valence-electron chi connectivity index (χ2n) is 27.8. The predicted molar refractivity (Wildman–Crippen MR) is 395 cm³/mol. The zero-order valence-electron chi connectivity index (χ0n) is 64.5. The standard InChI is InChI=1S/C71H108N16O26/c1-10-11-12-13-14-15-16-24-46(88)78-44(29-39-31-74-41-22-18-17-21-40(39)41)64(103)80-43(25-26-49(91)92)63(102)85-55(57(97)59(73)98)68(107)84-54-38(7)113-71(111)52(34(2)3)82-67(106)53(35(4)28-50(93)94)83-61(100)37(6)76-47(89)32-75-66(105)56(58(112-9)70(109)110)86-62(101)42(23-19-20-27-72)79-65(104)45(30-51(95)96)81-60(99)36(5)77-48(90)33-87(8)69(54)108/h17-18,21-22,31,34-38,42-45,52-58,74,97H,10-16,19-20,23-30,32-33,72H2,1-9H3,(H2,73,98)(H,75,105)(H,76,89)(H,77,90)(H,78,88)(H,79,104)(H,80,103)(H,81,99)(H,82,106)(H,83,100)(H,84,107)(H,85,102)(H,86,101)(H,91,92)(H,93,94)(H,95,96)(H,109,110). The monoisotopic (exact) mass is 1600 g/mol. The number of benzene rings is 1. The molecule has 14 amide bonds. The normalized spacial score (nSPS) is 22.2. The second kappa shape index (κ2) is 47.7. The van der Waals surface area contributed by atoms with E-state index < -0.39 is 248 Å². The number of hydrogen-bond acceptors (Lipinski definition) is 23. The molecule has 2 heterocycles. The number of nitrogens with one attached hydrogen (secondary N) is 13. The van der Waals surface area contributed by atoms with Crippen LogP contribution in [0.15, 0.2) is 30.5 Å². The number of primary amides is 1. The molecule has 628 valence electrons. The summed E-state index contributed by atoms with van der Waals surface area (Å²) >= 11 is 0. The summed E-state index contributed by atoms with van der Waals surface area (Å²) in [5.74, 6) is -28.6. The van der Waals surface area contributed by atoms with Crippen LogP contribution in [-0.4, -0.2) is 267 Å². The molecule has 42 heteroatoms. The van der Waals surface area contributed by atoms with Gasteiger partial charge in [-0.3, -0.25) is 81.5 Å². The molecule has 0 bridgehead atoms. The van der Waals surface area contributed by atoms with Crippen LogP contribution in [0.25, 0.3) is 10.9 Å². The average Bonchev–Trinajstić information content (AvgIpc) is 1.78. The van der Waals surface area contributed by atoms with Gasteiger partial charge in [-0.05, 0) is 82.9 Å². The van der Waals surface area contributed by atoms with Crippen LogP contribution in [0.4, 0.5) is 0 Å². The van der Waals surface area contributed by atoms with Gasteiger partial charge < -0.3 is 120 Å². The molecule has 15 unspecified atom stereocenters. The number of methoxy groups -OCH3 is 1. The van der Waals surface area contributed by atoms with Crippen LogP contribution in [-0.2, 0) is 107 Å². The zero-order chi connectivity index (χ0) is 85.1. The Bertz CT molecular complexity index is 3720. The summed E-state index contributed by atoms with van der Waals surface area (Å²) in [7, 11) is 1.75. The van der Waals surface area contributed by atoms with Crippen LogP contribution in [0.3, 0.4) is 0 Å². The van der Waals surface area contributed by atoms with Crippen LogP contribution in [0.5, 0.6) is 0 Å². The van der Waals surface area contributed by atoms with Crippen molar-refractivity contribution >= 4 is 123 Å². The Morgan fingerprint density at radius 1 is 0.637 bits per heavy atom. The molecular weight excluding hydrogens is 1490 g/mol. The number of nitrogens with zero attached hydrogens (tertiary/aromatic N) is 1. The van der Waals surface area contributed by atoms with E-state index in [1.165, 1.54) is 20.8 Å². The molecule has 0 saturated carbocycles. The van der Waals surface area contributed by atoms with Crippen molar-refractivity contribution in [2.45, 2.75) is 236 Å². The van der Waals surface area contributed by atoms with Gasteiger partial charge in [0.05, 0.1) is 25.9 Å². The summed E-state index contributed by atoms with van der Waals surface area (Å²) in [4.78, 5) is 264. The Kier molecular flexibility index (Phi) is 40.4. The van der Waals surface area contributed by atoms with E-state index in [9.17, 15) is 117 Å². The molecule has 2 aromatic rings. The molecule has 3 rings (SSSR count). The van der Waals surface area contributed by atoms with Crippen molar-refractivity contribution in [2.75, 3.05) is 33.8 Å². The van der Waals surface area contributed by atoms with Gasteiger partial charge in [0, 0.05) is 50.5 Å². The van der Waals surface area contributed by atoms with E-state index in [2.05, 4.69) is 75.7 Å². The van der Waals surface area contributed by atoms with Crippen LogP contribution in [0, 0.1) is 11.8 Å². The fourth-order valence-corrected chi connectivity index (χ4v) is 11.7. The van der Waals surface area contributed by atoms with E-state index in [4.69, 9.17) is 20.9 Å². The van der Waals surface area contributed by atoms with E-state index in [0.29, 0.717) is 34.2 Å². The number of carbonyl (C=O) groups excluding carboxylic acids is 15. The van der Waals surface area contributed by atoms with Crippen molar-refractivity contribution in [3.05, 3.63) is 36.0 Å². The number of carboxylic acid groups (broad SMARTS) is 4. The maximum absolute atomic E-state index is 14.9. The molecule has 1 aromatic carbocycles. The van der Waals surface area contributed by atoms with Crippen molar-refractivity contribution in [2.24, 2.45) is 23.3 Å². The summed E-state index contributed by atoms with van der Waals surface area (Å²) in [6.07, 6.45) is -3.42. The Balaban J connectivity index is 2.23. The Hall–Kier alpha value is -11.4. The number of aliphatic hydroxyl groups is 1. The number of carbonyl (C=O) groups is 19. The number of unbranched alkanes of at least 4 members (excludes halogenated alkanes) is 7. The number of carboxylic acids is 4. The quantitative estimate of drug-likeness (QED) is 0.0227. The third-order valence-corrected chi connectivity index (χ3v) is 18.1. The number of cyclic esters (lactones) is 1. The summed E-state index contributed by atoms with van der Waals surface area (Å²) < 4.78 is 10.7. The van der Waals surface area contributed by atoms with Gasteiger partial charge in [0.15, 0.2) is 12.2 Å². The maximum Gasteiger partial charge on any atom is 0.335 e. The van der Waals surface area contributed by atoms with Gasteiger partial charge in [0.25, 0.3) is 0 Å². The number of aliphatic hydroxyl groups excluding tert-OH is 1. The lowest BCUT2D eigenvalue weighted by atomic mass is 9.95. The highest BCUT2D eigenvalue weighted by molar-refractivity contribution is 6.02. The average molecular weight is 1600 g/mol. The molecule has 1 saturated heterocycles. The molecule has 0 spiro atoms. The first-order valence-electron chi connectivity index (χ1n) is 36.8. The molecule has 15 atom stereocenters. The third-order valence-electron chi connectivity index (χ3n) is 18.1. The van der Waals surface area contributed by atoms with Crippen molar-refractivity contribution in [1.82, 2.24) is 73.7 Å². The summed E-state index contributed by atoms with van der Waals surface area (Å²) in [6.45, 7) is 6.87. The van der Waals surface area contributed by atoms with Crippen molar-refractivity contribution in [3.63, 3.8) is 0 Å². The first-order valence-corrected chi connectivity index (χ1v) is 36.8. The Morgan fingerprint density at radius 3 is 1.81 bits per heavy atom. The number of para-hydroxylation sites is 1. The molecule has 0 aliphatic carbocycles. The van der Waals surface area contributed by atoms with E-state index in [-0.39, 0.29) is 38.6 Å². The molecular formula is C71H108N16O26. The van der Waals surface area contributed by atoms with Gasteiger partial charge in [0.1, 0.15) is 72.6 Å². The molecule has 22 N–H and O–H groups in total. The maximum atomic E-state index is 14.9. The van der Waals surface area contributed by atoms with Crippen LogP contribution < -0.4 is 75.3 Å². The first-order chi connectivity index (χ1) is 53.2. The number of hydrogen-bond donors (Lipinski definition) is 20. The van der Waals surface area contributed by atoms with Gasteiger partial charge >= 0.3 is 29.8 Å². The SMILES string of the molecule is CCCCCCCCCC(=O)NC(Cc1c[nH]c2ccccc12)C(=O)NC(CCC(=O)O)C(=O)NC(C(=O)NC1C(=O)N(C)CC(=O)NC(C)C(=O)NC(CC(=O)O)C(=O)NC(CCCCN)C(=O)NC(C(OC)C(=O)O)C(=O)NCC(=O)NC(C)C(=O)NC(C(C)CC(=O)O)C(=O)NC(C(C)C)C(=O)OC1C)C(O)C(N)=O. The summed E-state index contributed by atoms with van der Waals surface area (Å²) in [5.41, 5.74) is 12.3. The highest BCUT2D eigenvalue weighted by Crippen LogP contribution is 2.21. The van der Waals surface area contributed by atoms with E-state index in [0.717, 1.165) is 67.0 Å². The molecule has 1 aliphatic heterocycles. The molecule has 42 nitrogen and oxygen atoms in total. The fraction of sp³-hybridized carbons (Fsp3) is 0.620. The van der Waals surface area contributed by atoms with Crippen LogP contribution >= 0.6 is 0 Å². The fourth-order valence-electron chi connectivity index (χ4n) is 11.7. The number of nitrogens with two attached hydrogens (primary N) is 2. The minimum absolute atomic E-state index is 0.0113. The van der Waals surface area contributed by atoms with Gasteiger partial charge in [-0.1, -0.05) is 84.4 Å². The molecule has 113 heavy (non-hydrogen) atoms. The number of aromatic amines is 1.